The monoisotopic (exact) mass is 336 g/mol. The molecule has 0 amide bonds. The minimum absolute atomic E-state index is 1.21. The van der Waals surface area contributed by atoms with Gasteiger partial charge in [-0.05, 0) is 54.9 Å². The van der Waals surface area contributed by atoms with Crippen LogP contribution in [0, 0.1) is 0 Å². The number of benzene rings is 2. The van der Waals surface area contributed by atoms with Crippen molar-refractivity contribution in [2.75, 3.05) is 0 Å². The molecular weight excluding hydrogens is 300 g/mol. The molecule has 0 fully saturated rings. The van der Waals surface area contributed by atoms with Crippen LogP contribution >= 0.6 is 0 Å². The molecule has 0 radical (unpaired) electrons. The normalized spacial score (nSPS) is 11.6. The van der Waals surface area contributed by atoms with E-state index in [1.165, 1.54) is 93.4 Å². The zero-order chi connectivity index (χ0) is 17.6. The average molecular weight is 337 g/mol. The molecule has 0 nitrogen and oxygen atoms in total. The van der Waals surface area contributed by atoms with E-state index in [0.717, 1.165) is 0 Å². The summed E-state index contributed by atoms with van der Waals surface area (Å²) in [6.07, 6.45) is 20.9. The van der Waals surface area contributed by atoms with Crippen molar-refractivity contribution in [3.8, 4) is 0 Å². The van der Waals surface area contributed by atoms with E-state index in [0.29, 0.717) is 0 Å². The smallest absolute Gasteiger partial charge is 0.0152 e. The number of allylic oxidation sites excluding steroid dienone is 2. The third-order valence-corrected chi connectivity index (χ3v) is 5.09. The molecule has 0 unspecified atom stereocenters. The van der Waals surface area contributed by atoms with Gasteiger partial charge < -0.3 is 0 Å². The molecule has 0 saturated carbocycles. The van der Waals surface area contributed by atoms with Gasteiger partial charge in [0.1, 0.15) is 0 Å². The van der Waals surface area contributed by atoms with Crippen LogP contribution in [0.2, 0.25) is 0 Å². The Kier molecular flexibility index (Phi) is 10.1. The van der Waals surface area contributed by atoms with Gasteiger partial charge in [-0.1, -0.05) is 100 Å². The Labute approximate surface area is 155 Å². The van der Waals surface area contributed by atoms with E-state index in [1.54, 1.807) is 0 Å². The summed E-state index contributed by atoms with van der Waals surface area (Å²) in [4.78, 5) is 0. The van der Waals surface area contributed by atoms with Crippen LogP contribution in [0.1, 0.15) is 83.1 Å². The summed E-state index contributed by atoms with van der Waals surface area (Å²) in [5.41, 5.74) is 1.51. The molecule has 0 spiro atoms. The Balaban J connectivity index is 1.51. The Morgan fingerprint density at radius 1 is 0.640 bits per heavy atom. The molecule has 2 aromatic rings. The van der Waals surface area contributed by atoms with Gasteiger partial charge in [-0.3, -0.25) is 0 Å². The maximum atomic E-state index is 2.41. The standard InChI is InChI=1S/C25H36/c1-2-3-4-5-6-7-8-9-10-11-12-13-14-18-23-20-17-21-24-19-15-16-22-25(23)24/h9-10,15-17,19-22H,2-8,11-14,18H2,1H3/b10-9+. The lowest BCUT2D eigenvalue weighted by atomic mass is 9.99. The Hall–Kier alpha value is -1.56. The second kappa shape index (κ2) is 12.8. The van der Waals surface area contributed by atoms with Gasteiger partial charge in [0.15, 0.2) is 0 Å². The highest BCUT2D eigenvalue weighted by Gasteiger charge is 1.99. The minimum atomic E-state index is 1.21. The SMILES string of the molecule is CCCCCCCC/C=C/CCCCCc1cccc2ccccc12. The van der Waals surface area contributed by atoms with Crippen LogP contribution in [-0.4, -0.2) is 0 Å². The number of unbranched alkanes of at least 4 members (excludes halogenated alkanes) is 9. The van der Waals surface area contributed by atoms with Gasteiger partial charge in [0.05, 0.1) is 0 Å². The quantitative estimate of drug-likeness (QED) is 0.255. The molecule has 0 N–H and O–H groups in total. The maximum Gasteiger partial charge on any atom is -0.0152 e. The zero-order valence-corrected chi connectivity index (χ0v) is 16.2. The highest BCUT2D eigenvalue weighted by Crippen LogP contribution is 2.20. The predicted octanol–water partition coefficient (Wildman–Crippen LogP) is 8.25. The van der Waals surface area contributed by atoms with E-state index < -0.39 is 0 Å². The molecule has 0 atom stereocenters. The number of rotatable bonds is 13. The van der Waals surface area contributed by atoms with Crippen LogP contribution in [-0.2, 0) is 6.42 Å². The predicted molar refractivity (Wildman–Crippen MR) is 113 cm³/mol. The first-order valence-electron chi connectivity index (χ1n) is 10.5. The summed E-state index contributed by atoms with van der Waals surface area (Å²) in [6, 6.07) is 15.5. The van der Waals surface area contributed by atoms with Crippen molar-refractivity contribution in [2.24, 2.45) is 0 Å². The molecule has 2 rings (SSSR count). The molecule has 0 aromatic heterocycles. The molecule has 0 aliphatic heterocycles. The fourth-order valence-electron chi connectivity index (χ4n) is 3.54. The fraction of sp³-hybridized carbons (Fsp3) is 0.520. The van der Waals surface area contributed by atoms with Crippen LogP contribution in [0.25, 0.3) is 10.8 Å². The van der Waals surface area contributed by atoms with Gasteiger partial charge in [-0.25, -0.2) is 0 Å². The van der Waals surface area contributed by atoms with Crippen LogP contribution < -0.4 is 0 Å². The van der Waals surface area contributed by atoms with Gasteiger partial charge >= 0.3 is 0 Å². The van der Waals surface area contributed by atoms with Crippen molar-refractivity contribution in [1.29, 1.82) is 0 Å². The Bertz CT molecular complexity index is 603. The summed E-state index contributed by atoms with van der Waals surface area (Å²) in [6.45, 7) is 2.28. The van der Waals surface area contributed by atoms with Crippen LogP contribution in [0.4, 0.5) is 0 Å². The summed E-state index contributed by atoms with van der Waals surface area (Å²) in [5, 5.41) is 2.81. The first-order valence-corrected chi connectivity index (χ1v) is 10.5. The van der Waals surface area contributed by atoms with Crippen molar-refractivity contribution in [2.45, 2.75) is 84.0 Å². The highest BCUT2D eigenvalue weighted by atomic mass is 14.0. The van der Waals surface area contributed by atoms with E-state index in [2.05, 4.69) is 61.5 Å². The first-order chi connectivity index (χ1) is 12.4. The van der Waals surface area contributed by atoms with Gasteiger partial charge in [0.25, 0.3) is 0 Å². The molecule has 136 valence electrons. The number of fused-ring (bicyclic) bond motifs is 1. The van der Waals surface area contributed by atoms with E-state index in [4.69, 9.17) is 0 Å². The maximum absolute atomic E-state index is 2.41. The lowest BCUT2D eigenvalue weighted by molar-refractivity contribution is 0.610. The summed E-state index contributed by atoms with van der Waals surface area (Å²) in [5.74, 6) is 0. The topological polar surface area (TPSA) is 0 Å². The van der Waals surface area contributed by atoms with E-state index in [-0.39, 0.29) is 0 Å². The van der Waals surface area contributed by atoms with E-state index in [1.807, 2.05) is 0 Å². The van der Waals surface area contributed by atoms with Crippen molar-refractivity contribution in [3.63, 3.8) is 0 Å². The zero-order valence-electron chi connectivity index (χ0n) is 16.2. The summed E-state index contributed by atoms with van der Waals surface area (Å²) >= 11 is 0. The molecule has 0 heteroatoms. The summed E-state index contributed by atoms with van der Waals surface area (Å²) in [7, 11) is 0. The minimum Gasteiger partial charge on any atom is -0.0885 e. The third kappa shape index (κ3) is 7.90. The number of hydrogen-bond donors (Lipinski definition) is 0. The third-order valence-electron chi connectivity index (χ3n) is 5.09. The molecular formula is C25H36. The molecule has 0 bridgehead atoms. The Morgan fingerprint density at radius 3 is 2.08 bits per heavy atom. The van der Waals surface area contributed by atoms with Crippen molar-refractivity contribution in [1.82, 2.24) is 0 Å². The number of aryl methyl sites for hydroxylation is 1. The summed E-state index contributed by atoms with van der Waals surface area (Å²) < 4.78 is 0. The lowest BCUT2D eigenvalue weighted by Gasteiger charge is -2.06. The van der Waals surface area contributed by atoms with Gasteiger partial charge in [-0.2, -0.15) is 0 Å². The fourth-order valence-corrected chi connectivity index (χ4v) is 3.54. The van der Waals surface area contributed by atoms with Crippen molar-refractivity contribution < 1.29 is 0 Å². The second-order valence-electron chi connectivity index (χ2n) is 7.27. The number of hydrogen-bond acceptors (Lipinski definition) is 0. The molecule has 0 aliphatic rings. The lowest BCUT2D eigenvalue weighted by Crippen LogP contribution is -1.88. The highest BCUT2D eigenvalue weighted by molar-refractivity contribution is 5.85. The van der Waals surface area contributed by atoms with E-state index >= 15 is 0 Å². The van der Waals surface area contributed by atoms with Crippen LogP contribution in [0.5, 0.6) is 0 Å². The largest absolute Gasteiger partial charge is 0.0885 e. The molecule has 2 aromatic carbocycles. The van der Waals surface area contributed by atoms with Gasteiger partial charge in [-0.15, -0.1) is 0 Å². The van der Waals surface area contributed by atoms with Crippen LogP contribution in [0.3, 0.4) is 0 Å². The van der Waals surface area contributed by atoms with Crippen molar-refractivity contribution in [3.05, 3.63) is 60.2 Å². The second-order valence-corrected chi connectivity index (χ2v) is 7.27. The molecule has 0 saturated heterocycles. The van der Waals surface area contributed by atoms with Crippen LogP contribution in [0.15, 0.2) is 54.6 Å². The van der Waals surface area contributed by atoms with Gasteiger partial charge in [0.2, 0.25) is 0 Å². The van der Waals surface area contributed by atoms with Gasteiger partial charge in [0, 0.05) is 0 Å². The average Bonchev–Trinajstić information content (AvgIpc) is 2.65. The molecule has 0 aliphatic carbocycles. The Morgan fingerprint density at radius 2 is 1.28 bits per heavy atom. The molecule has 0 heterocycles. The first kappa shape index (κ1) is 19.8. The van der Waals surface area contributed by atoms with E-state index in [9.17, 15) is 0 Å². The van der Waals surface area contributed by atoms with Crippen molar-refractivity contribution >= 4 is 10.8 Å². The molecule has 25 heavy (non-hydrogen) atoms.